The minimum absolute atomic E-state index is 0.123. The fourth-order valence-electron chi connectivity index (χ4n) is 3.31. The van der Waals surface area contributed by atoms with Crippen LogP contribution in [0.25, 0.3) is 0 Å². The van der Waals surface area contributed by atoms with Crippen LogP contribution in [0, 0.1) is 0 Å². The molecule has 3 rings (SSSR count). The van der Waals surface area contributed by atoms with Gasteiger partial charge in [0.15, 0.2) is 6.10 Å². The molecule has 1 atom stereocenters. The molecule has 1 saturated heterocycles. The van der Waals surface area contributed by atoms with E-state index in [0.29, 0.717) is 10.6 Å². The molecule has 1 amide bonds. The highest BCUT2D eigenvalue weighted by atomic mass is 35.5. The number of carbonyl (C=O) groups is 1. The zero-order valence-electron chi connectivity index (χ0n) is 14.8. The predicted molar refractivity (Wildman–Crippen MR) is 104 cm³/mol. The van der Waals surface area contributed by atoms with Crippen molar-refractivity contribution in [2.45, 2.75) is 31.4 Å². The van der Waals surface area contributed by atoms with Gasteiger partial charge in [0.1, 0.15) is 0 Å². The van der Waals surface area contributed by atoms with Crippen molar-refractivity contribution in [3.05, 3.63) is 70.7 Å². The van der Waals surface area contributed by atoms with Crippen LogP contribution in [-0.2, 0) is 11.2 Å². The Bertz CT molecular complexity index is 698. The molecule has 0 spiro atoms. The molecule has 0 aliphatic carbocycles. The summed E-state index contributed by atoms with van der Waals surface area (Å²) in [5, 5.41) is 13.8. The number of halogens is 1. The van der Waals surface area contributed by atoms with E-state index in [0.717, 1.165) is 38.9 Å². The smallest absolute Gasteiger partial charge is 0.253 e. The van der Waals surface area contributed by atoms with Gasteiger partial charge >= 0.3 is 0 Å². The molecule has 0 aromatic heterocycles. The lowest BCUT2D eigenvalue weighted by atomic mass is 10.0. The van der Waals surface area contributed by atoms with Crippen LogP contribution in [0.15, 0.2) is 54.6 Å². The van der Waals surface area contributed by atoms with Crippen molar-refractivity contribution in [2.75, 3.05) is 19.6 Å². The summed E-state index contributed by atoms with van der Waals surface area (Å²) in [6, 6.07) is 17.3. The number of hydrogen-bond donors (Lipinski definition) is 2. The Kier molecular flexibility index (Phi) is 6.67. The molecule has 0 saturated carbocycles. The maximum Gasteiger partial charge on any atom is 0.253 e. The van der Waals surface area contributed by atoms with E-state index in [9.17, 15) is 9.90 Å². The largest absolute Gasteiger partial charge is 0.378 e. The molecule has 0 radical (unpaired) electrons. The number of amides is 1. The molecule has 138 valence electrons. The van der Waals surface area contributed by atoms with Gasteiger partial charge in [-0.05, 0) is 42.5 Å². The Morgan fingerprint density at radius 2 is 1.77 bits per heavy atom. The zero-order valence-corrected chi connectivity index (χ0v) is 15.5. The van der Waals surface area contributed by atoms with Crippen molar-refractivity contribution in [3.63, 3.8) is 0 Å². The second-order valence-electron chi connectivity index (χ2n) is 6.81. The van der Waals surface area contributed by atoms with E-state index in [4.69, 9.17) is 11.6 Å². The average molecular weight is 373 g/mol. The first-order valence-corrected chi connectivity index (χ1v) is 9.50. The van der Waals surface area contributed by atoms with E-state index in [2.05, 4.69) is 34.5 Å². The Hall–Kier alpha value is -1.88. The molecule has 2 N–H and O–H groups in total. The number of rotatable bonds is 6. The number of nitrogens with one attached hydrogen (secondary N) is 1. The monoisotopic (exact) mass is 372 g/mol. The fourth-order valence-corrected chi connectivity index (χ4v) is 3.44. The number of aliphatic hydroxyl groups is 1. The van der Waals surface area contributed by atoms with Gasteiger partial charge in [0.25, 0.3) is 5.91 Å². The summed E-state index contributed by atoms with van der Waals surface area (Å²) in [7, 11) is 0. The number of hydrogen-bond acceptors (Lipinski definition) is 3. The number of carbonyl (C=O) groups excluding carboxylic acids is 1. The number of nitrogens with zero attached hydrogens (tertiary/aromatic N) is 1. The summed E-state index contributed by atoms with van der Waals surface area (Å²) in [6.07, 6.45) is 1.72. The van der Waals surface area contributed by atoms with E-state index >= 15 is 0 Å². The van der Waals surface area contributed by atoms with E-state index in [-0.39, 0.29) is 11.9 Å². The highest BCUT2D eigenvalue weighted by Gasteiger charge is 2.24. The lowest BCUT2D eigenvalue weighted by molar-refractivity contribution is -0.130. The highest BCUT2D eigenvalue weighted by molar-refractivity contribution is 6.30. The van der Waals surface area contributed by atoms with Gasteiger partial charge in [-0.25, -0.2) is 0 Å². The van der Waals surface area contributed by atoms with Crippen LogP contribution in [-0.4, -0.2) is 41.6 Å². The summed E-state index contributed by atoms with van der Waals surface area (Å²) < 4.78 is 0. The van der Waals surface area contributed by atoms with Crippen LogP contribution in [0.3, 0.4) is 0 Å². The number of benzene rings is 2. The molecule has 4 nitrogen and oxygen atoms in total. The third-order valence-electron chi connectivity index (χ3n) is 4.93. The molecular formula is C21H25ClN2O2. The maximum absolute atomic E-state index is 12.3. The summed E-state index contributed by atoms with van der Waals surface area (Å²) in [6.45, 7) is 2.97. The molecule has 1 aliphatic heterocycles. The van der Waals surface area contributed by atoms with Crippen molar-refractivity contribution in [1.29, 1.82) is 0 Å². The van der Waals surface area contributed by atoms with Crippen molar-refractivity contribution < 1.29 is 9.90 Å². The number of aliphatic hydroxyl groups excluding tert-OH is 1. The Morgan fingerprint density at radius 3 is 2.42 bits per heavy atom. The molecule has 1 fully saturated rings. The first kappa shape index (κ1) is 18.9. The number of likely N-dealkylation sites (tertiary alicyclic amines) is 1. The standard InChI is InChI=1S/C21H25ClN2O2/c22-18-8-6-17(7-9-18)20(25)21(26)23-19-11-14-24(15-12-19)13-10-16-4-2-1-3-5-16/h1-9,19-20,25H,10-15H2,(H,23,26). The van der Waals surface area contributed by atoms with Crippen LogP contribution in [0.2, 0.25) is 5.02 Å². The molecule has 5 heteroatoms. The Balaban J connectivity index is 1.42. The molecule has 1 heterocycles. The molecular weight excluding hydrogens is 348 g/mol. The molecule has 0 bridgehead atoms. The SMILES string of the molecule is O=C(NC1CCN(CCc2ccccc2)CC1)C(O)c1ccc(Cl)cc1. The molecule has 1 unspecified atom stereocenters. The molecule has 2 aromatic rings. The van der Waals surface area contributed by atoms with Crippen LogP contribution in [0.5, 0.6) is 0 Å². The average Bonchev–Trinajstić information content (AvgIpc) is 2.68. The van der Waals surface area contributed by atoms with Gasteiger partial charge in [0.05, 0.1) is 0 Å². The predicted octanol–water partition coefficient (Wildman–Crippen LogP) is 3.20. The first-order chi connectivity index (χ1) is 12.6. The quantitative estimate of drug-likeness (QED) is 0.818. The third kappa shape index (κ3) is 5.31. The van der Waals surface area contributed by atoms with Gasteiger partial charge in [-0.3, -0.25) is 4.79 Å². The highest BCUT2D eigenvalue weighted by Crippen LogP contribution is 2.18. The van der Waals surface area contributed by atoms with Crippen molar-refractivity contribution in [3.8, 4) is 0 Å². The summed E-state index contributed by atoms with van der Waals surface area (Å²) >= 11 is 5.84. The van der Waals surface area contributed by atoms with E-state index < -0.39 is 6.10 Å². The fraction of sp³-hybridized carbons (Fsp3) is 0.381. The molecule has 1 aliphatic rings. The van der Waals surface area contributed by atoms with Crippen molar-refractivity contribution in [1.82, 2.24) is 10.2 Å². The van der Waals surface area contributed by atoms with Gasteiger partial charge < -0.3 is 15.3 Å². The van der Waals surface area contributed by atoms with Crippen LogP contribution in [0.1, 0.15) is 30.1 Å². The van der Waals surface area contributed by atoms with Gasteiger partial charge in [-0.1, -0.05) is 54.1 Å². The second-order valence-corrected chi connectivity index (χ2v) is 7.25. The van der Waals surface area contributed by atoms with E-state index in [1.165, 1.54) is 5.56 Å². The van der Waals surface area contributed by atoms with Crippen molar-refractivity contribution in [2.24, 2.45) is 0 Å². The van der Waals surface area contributed by atoms with Crippen LogP contribution in [0.4, 0.5) is 0 Å². The second kappa shape index (κ2) is 9.17. The van der Waals surface area contributed by atoms with Gasteiger partial charge in [-0.2, -0.15) is 0 Å². The third-order valence-corrected chi connectivity index (χ3v) is 5.18. The lowest BCUT2D eigenvalue weighted by Gasteiger charge is -2.32. The van der Waals surface area contributed by atoms with E-state index in [1.54, 1.807) is 24.3 Å². The van der Waals surface area contributed by atoms with Crippen molar-refractivity contribution >= 4 is 17.5 Å². The summed E-state index contributed by atoms with van der Waals surface area (Å²) in [5.74, 6) is -0.338. The molecule has 26 heavy (non-hydrogen) atoms. The minimum Gasteiger partial charge on any atom is -0.378 e. The minimum atomic E-state index is -1.15. The zero-order chi connectivity index (χ0) is 18.4. The summed E-state index contributed by atoms with van der Waals surface area (Å²) in [5.41, 5.74) is 1.92. The van der Waals surface area contributed by atoms with Crippen LogP contribution < -0.4 is 5.32 Å². The topological polar surface area (TPSA) is 52.6 Å². The van der Waals surface area contributed by atoms with Crippen LogP contribution >= 0.6 is 11.6 Å². The first-order valence-electron chi connectivity index (χ1n) is 9.12. The van der Waals surface area contributed by atoms with Gasteiger partial charge in [-0.15, -0.1) is 0 Å². The number of piperidine rings is 1. The van der Waals surface area contributed by atoms with Gasteiger partial charge in [0, 0.05) is 30.7 Å². The van der Waals surface area contributed by atoms with Gasteiger partial charge in [0.2, 0.25) is 0 Å². The maximum atomic E-state index is 12.3. The normalized spacial score (nSPS) is 17.0. The molecule has 2 aromatic carbocycles. The van der Waals surface area contributed by atoms with E-state index in [1.807, 2.05) is 6.07 Å². The summed E-state index contributed by atoms with van der Waals surface area (Å²) in [4.78, 5) is 14.7. The Morgan fingerprint density at radius 1 is 1.12 bits per heavy atom. The lowest BCUT2D eigenvalue weighted by Crippen LogP contribution is -2.46. The Labute approximate surface area is 159 Å².